The van der Waals surface area contributed by atoms with Crippen molar-refractivity contribution in [2.75, 3.05) is 13.2 Å². The highest BCUT2D eigenvalue weighted by molar-refractivity contribution is 5.96. The van der Waals surface area contributed by atoms with Crippen molar-refractivity contribution in [2.24, 2.45) is 16.6 Å². The van der Waals surface area contributed by atoms with Crippen molar-refractivity contribution in [1.82, 2.24) is 25.5 Å². The van der Waals surface area contributed by atoms with Gasteiger partial charge in [-0.25, -0.2) is 19.4 Å². The maximum Gasteiger partial charge on any atom is 0.414 e. The van der Waals surface area contributed by atoms with Crippen molar-refractivity contribution < 1.29 is 42.9 Å². The van der Waals surface area contributed by atoms with E-state index in [-0.39, 0.29) is 49.6 Å². The lowest BCUT2D eigenvalue weighted by Gasteiger charge is -2.37. The lowest BCUT2D eigenvalue weighted by atomic mass is 9.84. The number of nitrogens with one attached hydrogen (secondary N) is 3. The average Bonchev–Trinajstić information content (AvgIpc) is 3.47. The molecule has 58 heavy (non-hydrogen) atoms. The molecule has 17 nitrogen and oxygen atoms in total. The van der Waals surface area contributed by atoms with Gasteiger partial charge in [-0.15, -0.1) is 0 Å². The van der Waals surface area contributed by atoms with E-state index in [9.17, 15) is 28.8 Å². The predicted octanol–water partition coefficient (Wildman–Crippen LogP) is 4.19. The zero-order chi connectivity index (χ0) is 42.7. The summed E-state index contributed by atoms with van der Waals surface area (Å²) in [4.78, 5) is 89.7. The molecule has 0 unspecified atom stereocenters. The SMILES string of the molecule is CC[C@@]1(OC(=O)[C@H](NC(=O)[C@H](CCCN=C(N)NC(=O)OC(C)(C)C)NC(=O)OC(C)(C)C)C(C)C)C(=O)COc2c1cc1n(c2=O)Cc2cc3ccccc3nc2-1. The molecule has 312 valence electrons. The molecule has 17 heteroatoms. The van der Waals surface area contributed by atoms with E-state index >= 15 is 0 Å². The normalized spacial score (nSPS) is 17.3. The minimum atomic E-state index is -1.92. The molecule has 0 fully saturated rings. The first-order chi connectivity index (χ1) is 27.1. The maximum atomic E-state index is 14.2. The zero-order valence-corrected chi connectivity index (χ0v) is 34.4. The molecule has 0 radical (unpaired) electrons. The number of nitrogens with zero attached hydrogens (tertiary/aromatic N) is 3. The minimum absolute atomic E-state index is 0.0239. The summed E-state index contributed by atoms with van der Waals surface area (Å²) in [5, 5.41) is 8.50. The van der Waals surface area contributed by atoms with Crippen LogP contribution in [0.4, 0.5) is 9.59 Å². The first-order valence-electron chi connectivity index (χ1n) is 19.3. The second kappa shape index (κ2) is 16.8. The number of carbonyl (C=O) groups is 5. The number of hydrogen-bond acceptors (Lipinski definition) is 12. The Kier molecular flexibility index (Phi) is 12.5. The van der Waals surface area contributed by atoms with Gasteiger partial charge in [0, 0.05) is 17.5 Å². The summed E-state index contributed by atoms with van der Waals surface area (Å²) < 4.78 is 23.9. The molecule has 0 aliphatic carbocycles. The second-order valence-electron chi connectivity index (χ2n) is 16.6. The number of pyridine rings is 2. The molecule has 0 saturated heterocycles. The van der Waals surface area contributed by atoms with Crippen LogP contribution < -0.4 is 32.0 Å². The van der Waals surface area contributed by atoms with Crippen molar-refractivity contribution in [3.63, 3.8) is 0 Å². The van der Waals surface area contributed by atoms with Crippen molar-refractivity contribution in [1.29, 1.82) is 0 Å². The molecule has 0 spiro atoms. The maximum absolute atomic E-state index is 14.2. The average molecular weight is 804 g/mol. The van der Waals surface area contributed by atoms with Gasteiger partial charge in [-0.2, -0.15) is 0 Å². The van der Waals surface area contributed by atoms with Crippen molar-refractivity contribution in [2.45, 2.75) is 117 Å². The van der Waals surface area contributed by atoms with Crippen molar-refractivity contribution in [3.05, 3.63) is 57.9 Å². The number of guanidine groups is 1. The third kappa shape index (κ3) is 9.74. The molecular weight excluding hydrogens is 750 g/mol. The van der Waals surface area contributed by atoms with Crippen LogP contribution in [0.15, 0.2) is 46.2 Å². The highest BCUT2D eigenvalue weighted by Gasteiger charge is 2.51. The summed E-state index contributed by atoms with van der Waals surface area (Å²) in [6.07, 6.45) is -1.46. The Hall–Kier alpha value is -6.00. The van der Waals surface area contributed by atoms with Crippen LogP contribution in [0.3, 0.4) is 0 Å². The third-order valence-corrected chi connectivity index (χ3v) is 9.42. The molecule has 0 saturated carbocycles. The van der Waals surface area contributed by atoms with Crippen molar-refractivity contribution >= 4 is 46.7 Å². The molecule has 0 bridgehead atoms. The topological polar surface area (TPSA) is 232 Å². The number of benzene rings is 1. The Balaban J connectivity index is 1.38. The van der Waals surface area contributed by atoms with Crippen LogP contribution in [0.25, 0.3) is 22.3 Å². The number of rotatable bonds is 11. The van der Waals surface area contributed by atoms with Gasteiger partial charge in [0.05, 0.1) is 29.0 Å². The summed E-state index contributed by atoms with van der Waals surface area (Å²) in [6, 6.07) is 8.65. The van der Waals surface area contributed by atoms with Gasteiger partial charge >= 0.3 is 18.2 Å². The second-order valence-corrected chi connectivity index (χ2v) is 16.6. The number of hydrogen-bond donors (Lipinski definition) is 4. The highest BCUT2D eigenvalue weighted by Crippen LogP contribution is 2.43. The van der Waals surface area contributed by atoms with E-state index < -0.39 is 76.8 Å². The fourth-order valence-electron chi connectivity index (χ4n) is 6.72. The molecule has 2 aliphatic heterocycles. The Morgan fingerprint density at radius 2 is 1.67 bits per heavy atom. The molecule has 3 amide bonds. The molecule has 5 N–H and O–H groups in total. The number of carbonyl (C=O) groups excluding carboxylic acids is 5. The Morgan fingerprint density at radius 3 is 2.33 bits per heavy atom. The number of aliphatic imine (C=N–C) groups is 1. The fraction of sp³-hybridized carbons (Fsp3) is 0.512. The van der Waals surface area contributed by atoms with Crippen LogP contribution in [-0.2, 0) is 40.7 Å². The van der Waals surface area contributed by atoms with E-state index in [0.717, 1.165) is 16.5 Å². The lowest BCUT2D eigenvalue weighted by Crippen LogP contribution is -2.56. The molecule has 4 heterocycles. The number of Topliss-reactive ketones (excluding diaryl/α,β-unsaturated/α-hetero) is 1. The fourth-order valence-corrected chi connectivity index (χ4v) is 6.72. The van der Waals surface area contributed by atoms with Crippen molar-refractivity contribution in [3.8, 4) is 17.1 Å². The number of ether oxygens (including phenoxy) is 4. The van der Waals surface area contributed by atoms with E-state index in [1.165, 1.54) is 4.57 Å². The van der Waals surface area contributed by atoms with Gasteiger partial charge in [0.15, 0.2) is 18.3 Å². The molecule has 1 aromatic carbocycles. The molecule has 2 aliphatic rings. The van der Waals surface area contributed by atoms with Gasteiger partial charge in [-0.1, -0.05) is 39.0 Å². The summed E-state index contributed by atoms with van der Waals surface area (Å²) in [5.41, 5.74) is 4.44. The standard InChI is InChI=1S/C41H53N7O10/c1-10-41(25-19-28-31-24(18-23-14-11-12-15-26(23)44-31)20-48(28)34(51)32(25)55-21-29(41)49)56-35(52)30(22(2)3)46-33(50)27(45-37(53)57-39(4,5)6)16-13-17-43-36(42)47-38(54)58-40(7,8)9/h11-12,14-15,18-19,22,27,30H,10,13,16-17,20-21H2,1-9H3,(H,45,53)(H,46,50)(H3,42,43,47,54)/t27-,30+,41-/m0/s1. The number of alkyl carbamates (subject to hydrolysis) is 2. The van der Waals surface area contributed by atoms with Crippen LogP contribution in [0.1, 0.15) is 92.7 Å². The van der Waals surface area contributed by atoms with Crippen LogP contribution in [-0.4, -0.2) is 81.8 Å². The first-order valence-corrected chi connectivity index (χ1v) is 19.3. The molecular formula is C41H53N7O10. The number of ketones is 1. The minimum Gasteiger partial charge on any atom is -0.479 e. The van der Waals surface area contributed by atoms with E-state index in [1.807, 2.05) is 30.3 Å². The quantitative estimate of drug-likeness (QED) is 0.0550. The Labute approximate surface area is 336 Å². The molecule has 2 aromatic heterocycles. The number of amides is 3. The number of nitrogens with two attached hydrogens (primary N) is 1. The van der Waals surface area contributed by atoms with Gasteiger partial charge < -0.3 is 35.3 Å². The first kappa shape index (κ1) is 43.1. The van der Waals surface area contributed by atoms with E-state index in [0.29, 0.717) is 11.4 Å². The van der Waals surface area contributed by atoms with Gasteiger partial charge in [0.25, 0.3) is 5.56 Å². The summed E-state index contributed by atoms with van der Waals surface area (Å²) in [5.74, 6) is -3.11. The van der Waals surface area contributed by atoms with E-state index in [4.69, 9.17) is 29.7 Å². The summed E-state index contributed by atoms with van der Waals surface area (Å²) >= 11 is 0. The molecule has 3 aromatic rings. The largest absolute Gasteiger partial charge is 0.479 e. The van der Waals surface area contributed by atoms with Crippen LogP contribution in [0.2, 0.25) is 0 Å². The van der Waals surface area contributed by atoms with Gasteiger partial charge in [-0.3, -0.25) is 29.3 Å². The summed E-state index contributed by atoms with van der Waals surface area (Å²) in [7, 11) is 0. The van der Waals surface area contributed by atoms with Crippen LogP contribution in [0.5, 0.6) is 5.75 Å². The van der Waals surface area contributed by atoms with Gasteiger partial charge in [0.1, 0.15) is 23.3 Å². The number of fused-ring (bicyclic) bond motifs is 5. The van der Waals surface area contributed by atoms with Gasteiger partial charge in [0.2, 0.25) is 17.3 Å². The summed E-state index contributed by atoms with van der Waals surface area (Å²) in [6.45, 7) is 14.9. The monoisotopic (exact) mass is 803 g/mol. The number of esters is 1. The smallest absolute Gasteiger partial charge is 0.414 e. The third-order valence-electron chi connectivity index (χ3n) is 9.42. The van der Waals surface area contributed by atoms with Crippen LogP contribution in [0, 0.1) is 5.92 Å². The number of aromatic nitrogens is 2. The molecule has 3 atom stereocenters. The zero-order valence-electron chi connectivity index (χ0n) is 34.4. The Morgan fingerprint density at radius 1 is 1.00 bits per heavy atom. The Bertz CT molecular complexity index is 2200. The molecule has 5 rings (SSSR count). The van der Waals surface area contributed by atoms with E-state index in [2.05, 4.69) is 20.9 Å². The number of para-hydroxylation sites is 1. The predicted molar refractivity (Wildman–Crippen MR) is 214 cm³/mol. The van der Waals surface area contributed by atoms with Gasteiger partial charge in [-0.05, 0) is 84.9 Å². The lowest BCUT2D eigenvalue weighted by molar-refractivity contribution is -0.176. The van der Waals surface area contributed by atoms with E-state index in [1.54, 1.807) is 68.4 Å². The van der Waals surface area contributed by atoms with Crippen LogP contribution >= 0.6 is 0 Å². The highest BCUT2D eigenvalue weighted by atomic mass is 16.6.